The third kappa shape index (κ3) is 3.93. The fourth-order valence-corrected chi connectivity index (χ4v) is 4.21. The van der Waals surface area contributed by atoms with E-state index < -0.39 is 5.41 Å². The van der Waals surface area contributed by atoms with Crippen LogP contribution >= 0.6 is 0 Å². The molecule has 0 aliphatic heterocycles. The maximum absolute atomic E-state index is 13.7. The van der Waals surface area contributed by atoms with E-state index in [-0.39, 0.29) is 23.7 Å². The zero-order valence-corrected chi connectivity index (χ0v) is 17.4. The lowest BCUT2D eigenvalue weighted by atomic mass is 9.94. The summed E-state index contributed by atoms with van der Waals surface area (Å²) in [5.74, 6) is 0.112. The van der Waals surface area contributed by atoms with E-state index in [1.165, 1.54) is 0 Å². The van der Waals surface area contributed by atoms with E-state index >= 15 is 0 Å². The first-order valence-corrected chi connectivity index (χ1v) is 10.5. The van der Waals surface area contributed by atoms with Gasteiger partial charge in [-0.1, -0.05) is 30.3 Å². The average Bonchev–Trinajstić information content (AvgIpc) is 3.62. The number of carbonyl (C=O) groups excluding carboxylic acids is 2. The standard InChI is InChI=1S/C23H29N3O3/c1-4-29-21(27)20-13-17(20)14-26(15-19-12-16(2)25(3)24-19)22(28)23(10-11-23)18-8-6-5-7-9-18/h5-9,12,17,20H,4,10-11,13-15H2,1-3H3/t17-,20+/m1/s1. The van der Waals surface area contributed by atoms with Crippen molar-refractivity contribution in [3.05, 3.63) is 53.3 Å². The Morgan fingerprint density at radius 1 is 1.28 bits per heavy atom. The van der Waals surface area contributed by atoms with Crippen molar-refractivity contribution in [2.45, 2.75) is 45.1 Å². The minimum Gasteiger partial charge on any atom is -0.466 e. The number of rotatable bonds is 8. The van der Waals surface area contributed by atoms with Gasteiger partial charge in [0.15, 0.2) is 0 Å². The van der Waals surface area contributed by atoms with Crippen molar-refractivity contribution in [1.29, 1.82) is 0 Å². The van der Waals surface area contributed by atoms with Gasteiger partial charge in [-0.3, -0.25) is 14.3 Å². The second-order valence-electron chi connectivity index (χ2n) is 8.39. The number of amides is 1. The van der Waals surface area contributed by atoms with E-state index in [4.69, 9.17) is 4.74 Å². The lowest BCUT2D eigenvalue weighted by Crippen LogP contribution is -2.40. The molecule has 6 nitrogen and oxygen atoms in total. The summed E-state index contributed by atoms with van der Waals surface area (Å²) >= 11 is 0. The van der Waals surface area contributed by atoms with Gasteiger partial charge in [0.05, 0.1) is 30.2 Å². The summed E-state index contributed by atoms with van der Waals surface area (Å²) in [7, 11) is 1.91. The van der Waals surface area contributed by atoms with E-state index in [1.54, 1.807) is 0 Å². The molecule has 2 atom stereocenters. The molecule has 1 aromatic carbocycles. The van der Waals surface area contributed by atoms with Crippen LogP contribution < -0.4 is 0 Å². The van der Waals surface area contributed by atoms with Crippen LogP contribution in [0.4, 0.5) is 0 Å². The number of hydrogen-bond acceptors (Lipinski definition) is 4. The molecule has 2 saturated carbocycles. The molecule has 0 N–H and O–H groups in total. The molecule has 29 heavy (non-hydrogen) atoms. The molecular formula is C23H29N3O3. The maximum Gasteiger partial charge on any atom is 0.309 e. The van der Waals surface area contributed by atoms with Crippen molar-refractivity contribution in [1.82, 2.24) is 14.7 Å². The summed E-state index contributed by atoms with van der Waals surface area (Å²) in [6.45, 7) is 5.28. The van der Waals surface area contributed by atoms with Gasteiger partial charge < -0.3 is 9.64 Å². The zero-order valence-electron chi connectivity index (χ0n) is 17.4. The predicted molar refractivity (Wildman–Crippen MR) is 109 cm³/mol. The Bertz CT molecular complexity index is 882. The Morgan fingerprint density at radius 2 is 2.00 bits per heavy atom. The second-order valence-corrected chi connectivity index (χ2v) is 8.39. The van der Waals surface area contributed by atoms with E-state index in [2.05, 4.69) is 5.10 Å². The van der Waals surface area contributed by atoms with E-state index in [0.717, 1.165) is 36.2 Å². The van der Waals surface area contributed by atoms with Gasteiger partial charge in [-0.25, -0.2) is 0 Å². The Labute approximate surface area is 171 Å². The first-order chi connectivity index (χ1) is 13.9. The molecule has 2 aliphatic rings. The molecule has 2 aliphatic carbocycles. The van der Waals surface area contributed by atoms with E-state index in [9.17, 15) is 9.59 Å². The van der Waals surface area contributed by atoms with Crippen LogP contribution in [-0.4, -0.2) is 39.7 Å². The molecule has 1 aromatic heterocycles. The van der Waals surface area contributed by atoms with Crippen LogP contribution in [0.3, 0.4) is 0 Å². The molecule has 2 aromatic rings. The van der Waals surface area contributed by atoms with Crippen LogP contribution in [0, 0.1) is 18.8 Å². The van der Waals surface area contributed by atoms with Gasteiger partial charge in [-0.15, -0.1) is 0 Å². The number of aryl methyl sites for hydroxylation is 2. The number of carbonyl (C=O) groups is 2. The minimum atomic E-state index is -0.417. The molecular weight excluding hydrogens is 366 g/mol. The molecule has 0 spiro atoms. The third-order valence-electron chi connectivity index (χ3n) is 6.26. The summed E-state index contributed by atoms with van der Waals surface area (Å²) in [5, 5.41) is 4.55. The maximum atomic E-state index is 13.7. The SMILES string of the molecule is CCOC(=O)[C@H]1C[C@@H]1CN(Cc1cc(C)n(C)n1)C(=O)C1(c2ccccc2)CC1. The van der Waals surface area contributed by atoms with Crippen LogP contribution in [0.5, 0.6) is 0 Å². The zero-order chi connectivity index (χ0) is 20.6. The van der Waals surface area contributed by atoms with Gasteiger partial charge in [0.2, 0.25) is 5.91 Å². The first-order valence-electron chi connectivity index (χ1n) is 10.5. The van der Waals surface area contributed by atoms with Crippen LogP contribution in [0.1, 0.15) is 43.1 Å². The molecule has 1 amide bonds. The van der Waals surface area contributed by atoms with E-state index in [1.807, 2.05) is 66.9 Å². The number of benzene rings is 1. The Balaban J connectivity index is 1.53. The summed E-state index contributed by atoms with van der Waals surface area (Å²) in [4.78, 5) is 27.6. The Hall–Kier alpha value is -2.63. The quantitative estimate of drug-likeness (QED) is 0.645. The lowest BCUT2D eigenvalue weighted by molar-refractivity contribution is -0.145. The fraction of sp³-hybridized carbons (Fsp3) is 0.522. The Kier molecular flexibility index (Phi) is 5.19. The molecule has 1 heterocycles. The monoisotopic (exact) mass is 395 g/mol. The van der Waals surface area contributed by atoms with Crippen molar-refractivity contribution in [2.75, 3.05) is 13.2 Å². The van der Waals surface area contributed by atoms with Gasteiger partial charge in [-0.05, 0) is 50.7 Å². The highest BCUT2D eigenvalue weighted by Gasteiger charge is 2.54. The normalized spacial score (nSPS) is 21.5. The molecule has 4 rings (SSSR count). The van der Waals surface area contributed by atoms with Crippen molar-refractivity contribution < 1.29 is 14.3 Å². The molecule has 6 heteroatoms. The van der Waals surface area contributed by atoms with Gasteiger partial charge >= 0.3 is 5.97 Å². The first kappa shape index (κ1) is 19.7. The smallest absolute Gasteiger partial charge is 0.309 e. The number of hydrogen-bond donors (Lipinski definition) is 0. The van der Waals surface area contributed by atoms with Crippen LogP contribution in [0.2, 0.25) is 0 Å². The Morgan fingerprint density at radius 3 is 2.59 bits per heavy atom. The van der Waals surface area contributed by atoms with Gasteiger partial charge in [0.25, 0.3) is 0 Å². The summed E-state index contributed by atoms with van der Waals surface area (Å²) < 4.78 is 7.00. The number of nitrogens with zero attached hydrogens (tertiary/aromatic N) is 3. The highest BCUT2D eigenvalue weighted by atomic mass is 16.5. The van der Waals surface area contributed by atoms with Gasteiger partial charge in [0, 0.05) is 19.3 Å². The molecule has 0 bridgehead atoms. The highest BCUT2D eigenvalue weighted by Crippen LogP contribution is 2.50. The highest BCUT2D eigenvalue weighted by molar-refractivity contribution is 5.91. The van der Waals surface area contributed by atoms with E-state index in [0.29, 0.717) is 19.7 Å². The predicted octanol–water partition coefficient (Wildman–Crippen LogP) is 2.99. The average molecular weight is 396 g/mol. The number of ether oxygens (including phenoxy) is 1. The lowest BCUT2D eigenvalue weighted by Gasteiger charge is -2.27. The molecule has 0 unspecified atom stereocenters. The topological polar surface area (TPSA) is 64.4 Å². The largest absolute Gasteiger partial charge is 0.466 e. The van der Waals surface area contributed by atoms with Crippen LogP contribution in [-0.2, 0) is 33.3 Å². The van der Waals surface area contributed by atoms with Crippen LogP contribution in [0.15, 0.2) is 36.4 Å². The van der Waals surface area contributed by atoms with Crippen molar-refractivity contribution >= 4 is 11.9 Å². The molecule has 2 fully saturated rings. The minimum absolute atomic E-state index is 0.0809. The molecule has 0 radical (unpaired) electrons. The second kappa shape index (κ2) is 7.65. The summed E-state index contributed by atoms with van der Waals surface area (Å²) in [5.41, 5.74) is 2.62. The van der Waals surface area contributed by atoms with Crippen molar-refractivity contribution in [3.8, 4) is 0 Å². The van der Waals surface area contributed by atoms with Crippen LogP contribution in [0.25, 0.3) is 0 Å². The van der Waals surface area contributed by atoms with Gasteiger partial charge in [-0.2, -0.15) is 5.10 Å². The van der Waals surface area contributed by atoms with Crippen molar-refractivity contribution in [2.24, 2.45) is 18.9 Å². The number of esters is 1. The fourth-order valence-electron chi connectivity index (χ4n) is 4.21. The summed E-state index contributed by atoms with van der Waals surface area (Å²) in [6, 6.07) is 12.1. The number of aromatic nitrogens is 2. The van der Waals surface area contributed by atoms with Crippen molar-refractivity contribution in [3.63, 3.8) is 0 Å². The summed E-state index contributed by atoms with van der Waals surface area (Å²) in [6.07, 6.45) is 2.54. The third-order valence-corrected chi connectivity index (χ3v) is 6.26. The van der Waals surface area contributed by atoms with Gasteiger partial charge in [0.1, 0.15) is 0 Å². The molecule has 154 valence electrons. The molecule has 0 saturated heterocycles.